The molecular weight excluding hydrogens is 314 g/mol. The third-order valence-electron chi connectivity index (χ3n) is 4.52. The number of rotatable bonds is 4. The summed E-state index contributed by atoms with van der Waals surface area (Å²) >= 11 is 6.16. The van der Waals surface area contributed by atoms with E-state index in [1.54, 1.807) is 0 Å². The van der Waals surface area contributed by atoms with Crippen molar-refractivity contribution in [3.05, 3.63) is 29.3 Å². The van der Waals surface area contributed by atoms with E-state index in [9.17, 15) is 0 Å². The van der Waals surface area contributed by atoms with Gasteiger partial charge in [0, 0.05) is 19.8 Å². The highest BCUT2D eigenvalue weighted by atomic mass is 35.5. The number of aryl methyl sites for hydroxylation is 1. The van der Waals surface area contributed by atoms with Crippen LogP contribution >= 0.6 is 11.6 Å². The summed E-state index contributed by atoms with van der Waals surface area (Å²) in [5, 5.41) is 8.04. The van der Waals surface area contributed by atoms with E-state index in [0.717, 1.165) is 19.5 Å². The largest absolute Gasteiger partial charge is 0.382 e. The summed E-state index contributed by atoms with van der Waals surface area (Å²) in [6.07, 6.45) is 5.60. The van der Waals surface area contributed by atoms with Crippen LogP contribution in [0, 0.1) is 5.92 Å². The lowest BCUT2D eigenvalue weighted by molar-refractivity contribution is 0.121. The van der Waals surface area contributed by atoms with Crippen LogP contribution < -0.4 is 11.1 Å². The molecule has 0 radical (unpaired) electrons. The first-order valence-electron chi connectivity index (χ1n) is 7.76. The van der Waals surface area contributed by atoms with Crippen LogP contribution in [0.5, 0.6) is 0 Å². The van der Waals surface area contributed by atoms with Crippen molar-refractivity contribution in [3.8, 4) is 0 Å². The molecule has 2 aromatic heterocycles. The number of anilines is 2. The number of nitrogens with zero attached hydrogens (tertiary/aromatic N) is 5. The van der Waals surface area contributed by atoms with E-state index in [1.165, 1.54) is 18.4 Å². The van der Waals surface area contributed by atoms with Crippen LogP contribution in [0.2, 0.25) is 5.02 Å². The second-order valence-electron chi connectivity index (χ2n) is 6.01. The Morgan fingerprint density at radius 3 is 2.96 bits per heavy atom. The maximum atomic E-state index is 6.16. The zero-order chi connectivity index (χ0) is 16.4. The first kappa shape index (κ1) is 16.0. The average molecular weight is 336 g/mol. The van der Waals surface area contributed by atoms with E-state index >= 15 is 0 Å². The number of halogens is 1. The fourth-order valence-corrected chi connectivity index (χ4v) is 3.51. The number of nitrogen functional groups attached to an aromatic ring is 1. The molecule has 3 N–H and O–H groups in total. The summed E-state index contributed by atoms with van der Waals surface area (Å²) < 4.78 is 1.95. The van der Waals surface area contributed by atoms with Crippen LogP contribution in [0.25, 0.3) is 0 Å². The standard InChI is InChI=1S/C15H22ClN7/c1-22-7-3-4-10(13(22)11-5-6-21-23(11)2)8-18-15-12(16)14(17)19-9-20-15/h5-6,9-10,13H,3-4,7-8H2,1-2H3,(H3,17,18,19,20)/t10-,13+/m0/s1. The summed E-state index contributed by atoms with van der Waals surface area (Å²) in [6.45, 7) is 1.86. The van der Waals surface area contributed by atoms with E-state index in [4.69, 9.17) is 17.3 Å². The van der Waals surface area contributed by atoms with Crippen molar-refractivity contribution in [3.63, 3.8) is 0 Å². The monoisotopic (exact) mass is 335 g/mol. The Labute approximate surface area is 140 Å². The highest BCUT2D eigenvalue weighted by molar-refractivity contribution is 6.35. The molecule has 0 saturated carbocycles. The third-order valence-corrected chi connectivity index (χ3v) is 4.89. The molecule has 1 fully saturated rings. The molecule has 124 valence electrons. The normalized spacial score (nSPS) is 22.2. The van der Waals surface area contributed by atoms with Gasteiger partial charge in [-0.05, 0) is 38.4 Å². The second kappa shape index (κ2) is 6.72. The topological polar surface area (TPSA) is 84.9 Å². The summed E-state index contributed by atoms with van der Waals surface area (Å²) in [4.78, 5) is 10.5. The number of nitrogens with two attached hydrogens (primary N) is 1. The molecule has 1 saturated heterocycles. The van der Waals surface area contributed by atoms with Crippen molar-refractivity contribution in [2.45, 2.75) is 18.9 Å². The Bertz CT molecular complexity index is 672. The fraction of sp³-hybridized carbons (Fsp3) is 0.533. The van der Waals surface area contributed by atoms with Crippen molar-refractivity contribution in [1.29, 1.82) is 0 Å². The Morgan fingerprint density at radius 1 is 1.39 bits per heavy atom. The Hall–Kier alpha value is -1.86. The van der Waals surface area contributed by atoms with Crippen molar-refractivity contribution in [2.75, 3.05) is 31.2 Å². The SMILES string of the molecule is CN1CCC[C@@H](CNc2ncnc(N)c2Cl)[C@@H]1c1ccnn1C. The minimum atomic E-state index is 0.299. The Kier molecular flexibility index (Phi) is 4.68. The minimum absolute atomic E-state index is 0.299. The van der Waals surface area contributed by atoms with Crippen LogP contribution in [0.1, 0.15) is 24.6 Å². The van der Waals surface area contributed by atoms with E-state index < -0.39 is 0 Å². The predicted octanol–water partition coefficient (Wildman–Crippen LogP) is 1.94. The van der Waals surface area contributed by atoms with Gasteiger partial charge in [-0.3, -0.25) is 9.58 Å². The first-order chi connectivity index (χ1) is 11.1. The zero-order valence-corrected chi connectivity index (χ0v) is 14.2. The van der Waals surface area contributed by atoms with E-state index in [0.29, 0.717) is 28.6 Å². The molecule has 0 aromatic carbocycles. The second-order valence-corrected chi connectivity index (χ2v) is 6.39. The zero-order valence-electron chi connectivity index (χ0n) is 13.4. The molecule has 2 aromatic rings. The highest BCUT2D eigenvalue weighted by Gasteiger charge is 2.32. The van der Waals surface area contributed by atoms with Crippen molar-refractivity contribution >= 4 is 23.2 Å². The van der Waals surface area contributed by atoms with E-state index in [2.05, 4.69) is 38.4 Å². The van der Waals surface area contributed by atoms with Gasteiger partial charge in [-0.1, -0.05) is 11.6 Å². The fourth-order valence-electron chi connectivity index (χ4n) is 3.35. The Balaban J connectivity index is 1.77. The van der Waals surface area contributed by atoms with Gasteiger partial charge < -0.3 is 11.1 Å². The summed E-state index contributed by atoms with van der Waals surface area (Å²) in [6, 6.07) is 2.41. The molecule has 3 rings (SSSR count). The van der Waals surface area contributed by atoms with Crippen molar-refractivity contribution in [2.24, 2.45) is 13.0 Å². The van der Waals surface area contributed by atoms with Crippen molar-refractivity contribution in [1.82, 2.24) is 24.6 Å². The van der Waals surface area contributed by atoms with Crippen LogP contribution in [-0.4, -0.2) is 44.8 Å². The maximum Gasteiger partial charge on any atom is 0.150 e. The summed E-state index contributed by atoms with van der Waals surface area (Å²) in [5.74, 6) is 1.33. The molecule has 0 bridgehead atoms. The molecule has 0 spiro atoms. The lowest BCUT2D eigenvalue weighted by Gasteiger charge is -2.39. The summed E-state index contributed by atoms with van der Waals surface area (Å²) in [5.41, 5.74) is 6.96. The number of nitrogens with one attached hydrogen (secondary N) is 1. The molecule has 1 aliphatic heterocycles. The van der Waals surface area contributed by atoms with E-state index in [-0.39, 0.29) is 0 Å². The summed E-state index contributed by atoms with van der Waals surface area (Å²) in [7, 11) is 4.16. The van der Waals surface area contributed by atoms with E-state index in [1.807, 2.05) is 17.9 Å². The van der Waals surface area contributed by atoms with Crippen LogP contribution in [0.3, 0.4) is 0 Å². The minimum Gasteiger partial charge on any atom is -0.382 e. The molecule has 2 atom stereocenters. The molecule has 1 aliphatic rings. The molecule has 0 unspecified atom stereocenters. The van der Waals surface area contributed by atoms with Gasteiger partial charge in [-0.25, -0.2) is 9.97 Å². The van der Waals surface area contributed by atoms with Gasteiger partial charge in [-0.15, -0.1) is 0 Å². The Morgan fingerprint density at radius 2 is 2.22 bits per heavy atom. The van der Waals surface area contributed by atoms with Gasteiger partial charge in [0.1, 0.15) is 23.0 Å². The molecule has 8 heteroatoms. The van der Waals surface area contributed by atoms with Crippen LogP contribution in [-0.2, 0) is 7.05 Å². The van der Waals surface area contributed by atoms with Crippen LogP contribution in [0.4, 0.5) is 11.6 Å². The van der Waals surface area contributed by atoms with Gasteiger partial charge in [0.25, 0.3) is 0 Å². The molecule has 7 nitrogen and oxygen atoms in total. The van der Waals surface area contributed by atoms with Gasteiger partial charge >= 0.3 is 0 Å². The highest BCUT2D eigenvalue weighted by Crippen LogP contribution is 2.35. The number of hydrogen-bond donors (Lipinski definition) is 2. The molecule has 0 amide bonds. The predicted molar refractivity (Wildman–Crippen MR) is 91.2 cm³/mol. The molecule has 3 heterocycles. The third kappa shape index (κ3) is 3.25. The van der Waals surface area contributed by atoms with Gasteiger partial charge in [-0.2, -0.15) is 5.10 Å². The molecular formula is C15H22ClN7. The first-order valence-corrected chi connectivity index (χ1v) is 8.13. The van der Waals surface area contributed by atoms with Gasteiger partial charge in [0.2, 0.25) is 0 Å². The number of aromatic nitrogens is 4. The average Bonchev–Trinajstić information content (AvgIpc) is 2.94. The lowest BCUT2D eigenvalue weighted by Crippen LogP contribution is -2.40. The van der Waals surface area contributed by atoms with Gasteiger partial charge in [0.05, 0.1) is 11.7 Å². The van der Waals surface area contributed by atoms with Crippen LogP contribution in [0.15, 0.2) is 18.6 Å². The molecule has 0 aliphatic carbocycles. The lowest BCUT2D eigenvalue weighted by atomic mass is 9.87. The maximum absolute atomic E-state index is 6.16. The molecule has 23 heavy (non-hydrogen) atoms. The number of hydrogen-bond acceptors (Lipinski definition) is 6. The smallest absolute Gasteiger partial charge is 0.150 e. The van der Waals surface area contributed by atoms with Gasteiger partial charge in [0.15, 0.2) is 0 Å². The number of piperidine rings is 1. The number of likely N-dealkylation sites (tertiary alicyclic amines) is 1. The van der Waals surface area contributed by atoms with Crippen molar-refractivity contribution < 1.29 is 0 Å². The quantitative estimate of drug-likeness (QED) is 0.888.